The standard InChI is InChI=1S/C19H20O4/c20-19(21)9-6-14-4-7-17(8-5-14)23-13-16-3-1-2-15-12-22-11-10-18(15)16/h1-5,7-8H,6,9-13H2,(H,20,21). The van der Waals surface area contributed by atoms with Gasteiger partial charge in [0.25, 0.3) is 0 Å². The number of ether oxygens (including phenoxy) is 2. The van der Waals surface area contributed by atoms with Crippen molar-refractivity contribution in [3.8, 4) is 5.75 Å². The molecule has 3 rings (SSSR count). The van der Waals surface area contributed by atoms with E-state index in [1.54, 1.807) is 0 Å². The molecule has 2 aromatic rings. The minimum Gasteiger partial charge on any atom is -0.489 e. The molecule has 0 spiro atoms. The van der Waals surface area contributed by atoms with Gasteiger partial charge in [-0.3, -0.25) is 4.79 Å². The van der Waals surface area contributed by atoms with Crippen molar-refractivity contribution >= 4 is 5.97 Å². The van der Waals surface area contributed by atoms with E-state index in [9.17, 15) is 4.79 Å². The van der Waals surface area contributed by atoms with Crippen LogP contribution in [0.4, 0.5) is 0 Å². The predicted octanol–water partition coefficient (Wildman–Crippen LogP) is 3.36. The third-order valence-corrected chi connectivity index (χ3v) is 4.07. The van der Waals surface area contributed by atoms with E-state index >= 15 is 0 Å². The molecule has 0 amide bonds. The Morgan fingerprint density at radius 3 is 2.78 bits per heavy atom. The van der Waals surface area contributed by atoms with Crippen LogP contribution >= 0.6 is 0 Å². The Hall–Kier alpha value is -2.33. The molecule has 0 saturated carbocycles. The Morgan fingerprint density at radius 1 is 1.17 bits per heavy atom. The third-order valence-electron chi connectivity index (χ3n) is 4.07. The third kappa shape index (κ3) is 4.11. The number of carbonyl (C=O) groups is 1. The van der Waals surface area contributed by atoms with E-state index in [1.807, 2.05) is 30.3 Å². The van der Waals surface area contributed by atoms with Crippen molar-refractivity contribution in [1.29, 1.82) is 0 Å². The number of benzene rings is 2. The summed E-state index contributed by atoms with van der Waals surface area (Å²) in [7, 11) is 0. The molecule has 2 aromatic carbocycles. The fraction of sp³-hybridized carbons (Fsp3) is 0.316. The second-order valence-corrected chi connectivity index (χ2v) is 5.68. The van der Waals surface area contributed by atoms with Crippen LogP contribution in [0.5, 0.6) is 5.75 Å². The normalized spacial score (nSPS) is 13.4. The number of aryl methyl sites for hydroxylation is 1. The topological polar surface area (TPSA) is 55.8 Å². The van der Waals surface area contributed by atoms with E-state index in [0.29, 0.717) is 19.6 Å². The van der Waals surface area contributed by atoms with E-state index in [2.05, 4.69) is 12.1 Å². The Bertz CT molecular complexity index is 676. The Balaban J connectivity index is 1.61. The average Bonchev–Trinajstić information content (AvgIpc) is 2.59. The molecular formula is C19H20O4. The van der Waals surface area contributed by atoms with Gasteiger partial charge in [0.15, 0.2) is 0 Å². The Morgan fingerprint density at radius 2 is 2.00 bits per heavy atom. The van der Waals surface area contributed by atoms with Gasteiger partial charge >= 0.3 is 5.97 Å². The molecule has 0 saturated heterocycles. The van der Waals surface area contributed by atoms with Gasteiger partial charge in [-0.15, -0.1) is 0 Å². The van der Waals surface area contributed by atoms with Crippen molar-refractivity contribution in [3.05, 3.63) is 64.7 Å². The average molecular weight is 312 g/mol. The predicted molar refractivity (Wildman–Crippen MR) is 86.5 cm³/mol. The second-order valence-electron chi connectivity index (χ2n) is 5.68. The molecule has 1 N–H and O–H groups in total. The summed E-state index contributed by atoms with van der Waals surface area (Å²) in [6.45, 7) is 1.99. The fourth-order valence-corrected chi connectivity index (χ4v) is 2.80. The van der Waals surface area contributed by atoms with E-state index in [4.69, 9.17) is 14.6 Å². The fourth-order valence-electron chi connectivity index (χ4n) is 2.80. The number of hydrogen-bond acceptors (Lipinski definition) is 3. The number of hydrogen-bond donors (Lipinski definition) is 1. The zero-order valence-corrected chi connectivity index (χ0v) is 13.0. The van der Waals surface area contributed by atoms with Crippen LogP contribution < -0.4 is 4.74 Å². The first-order chi connectivity index (χ1) is 11.2. The van der Waals surface area contributed by atoms with Gasteiger partial charge in [0.05, 0.1) is 13.2 Å². The van der Waals surface area contributed by atoms with E-state index in [0.717, 1.165) is 24.3 Å². The second kappa shape index (κ2) is 7.29. The quantitative estimate of drug-likeness (QED) is 0.888. The molecule has 120 valence electrons. The van der Waals surface area contributed by atoms with E-state index in [-0.39, 0.29) is 6.42 Å². The van der Waals surface area contributed by atoms with Crippen molar-refractivity contribution in [3.63, 3.8) is 0 Å². The van der Waals surface area contributed by atoms with Crippen LogP contribution in [0, 0.1) is 0 Å². The molecule has 0 atom stereocenters. The molecule has 23 heavy (non-hydrogen) atoms. The van der Waals surface area contributed by atoms with Crippen molar-refractivity contribution in [2.75, 3.05) is 6.61 Å². The Kier molecular flexibility index (Phi) is 4.93. The Labute approximate surface area is 135 Å². The maximum Gasteiger partial charge on any atom is 0.303 e. The highest BCUT2D eigenvalue weighted by Gasteiger charge is 2.13. The molecule has 4 nitrogen and oxygen atoms in total. The lowest BCUT2D eigenvalue weighted by Gasteiger charge is -2.20. The van der Waals surface area contributed by atoms with Crippen molar-refractivity contribution in [1.82, 2.24) is 0 Å². The minimum absolute atomic E-state index is 0.151. The van der Waals surface area contributed by atoms with E-state index in [1.165, 1.54) is 16.7 Å². The van der Waals surface area contributed by atoms with E-state index < -0.39 is 5.97 Å². The number of carboxylic acid groups (broad SMARTS) is 1. The highest BCUT2D eigenvalue weighted by atomic mass is 16.5. The van der Waals surface area contributed by atoms with Crippen molar-refractivity contribution in [2.24, 2.45) is 0 Å². The maximum absolute atomic E-state index is 10.6. The summed E-state index contributed by atoms with van der Waals surface area (Å²) < 4.78 is 11.4. The molecular weight excluding hydrogens is 292 g/mol. The minimum atomic E-state index is -0.775. The molecule has 1 aliphatic rings. The van der Waals surface area contributed by atoms with Gasteiger partial charge in [-0.05, 0) is 47.2 Å². The molecule has 0 unspecified atom stereocenters. The van der Waals surface area contributed by atoms with Crippen LogP contribution in [0.2, 0.25) is 0 Å². The summed E-state index contributed by atoms with van der Waals surface area (Å²) in [4.78, 5) is 10.6. The van der Waals surface area contributed by atoms with Gasteiger partial charge in [0.2, 0.25) is 0 Å². The lowest BCUT2D eigenvalue weighted by Crippen LogP contribution is -2.13. The molecule has 4 heteroatoms. The molecule has 1 aliphatic heterocycles. The maximum atomic E-state index is 10.6. The van der Waals surface area contributed by atoms with Crippen LogP contribution in [-0.4, -0.2) is 17.7 Å². The zero-order valence-electron chi connectivity index (χ0n) is 13.0. The summed E-state index contributed by atoms with van der Waals surface area (Å²) in [6, 6.07) is 13.9. The molecule has 0 aromatic heterocycles. The van der Waals surface area contributed by atoms with Gasteiger partial charge in [-0.25, -0.2) is 0 Å². The number of aliphatic carboxylic acids is 1. The van der Waals surface area contributed by atoms with Gasteiger partial charge in [0, 0.05) is 6.42 Å². The van der Waals surface area contributed by atoms with Crippen LogP contribution in [-0.2, 0) is 35.6 Å². The van der Waals surface area contributed by atoms with Gasteiger partial charge in [-0.2, -0.15) is 0 Å². The summed E-state index contributed by atoms with van der Waals surface area (Å²) in [5.41, 5.74) is 4.81. The monoisotopic (exact) mass is 312 g/mol. The van der Waals surface area contributed by atoms with Crippen molar-refractivity contribution in [2.45, 2.75) is 32.5 Å². The first-order valence-electron chi connectivity index (χ1n) is 7.83. The zero-order chi connectivity index (χ0) is 16.1. The molecule has 0 radical (unpaired) electrons. The first-order valence-corrected chi connectivity index (χ1v) is 7.83. The SMILES string of the molecule is O=C(O)CCc1ccc(OCc2cccc3c2CCOC3)cc1. The summed E-state index contributed by atoms with van der Waals surface area (Å²) in [5.74, 6) is 0.0249. The largest absolute Gasteiger partial charge is 0.489 e. The van der Waals surface area contributed by atoms with Crippen LogP contribution in [0.3, 0.4) is 0 Å². The van der Waals surface area contributed by atoms with Crippen LogP contribution in [0.1, 0.15) is 28.7 Å². The van der Waals surface area contributed by atoms with Gasteiger partial charge in [0.1, 0.15) is 12.4 Å². The lowest BCUT2D eigenvalue weighted by molar-refractivity contribution is -0.136. The molecule has 0 bridgehead atoms. The van der Waals surface area contributed by atoms with Gasteiger partial charge in [-0.1, -0.05) is 30.3 Å². The summed E-state index contributed by atoms with van der Waals surface area (Å²) >= 11 is 0. The van der Waals surface area contributed by atoms with Crippen molar-refractivity contribution < 1.29 is 19.4 Å². The summed E-state index contributed by atoms with van der Waals surface area (Å²) in [5, 5.41) is 8.70. The van der Waals surface area contributed by atoms with Crippen LogP contribution in [0.15, 0.2) is 42.5 Å². The molecule has 0 fully saturated rings. The van der Waals surface area contributed by atoms with Gasteiger partial charge < -0.3 is 14.6 Å². The smallest absolute Gasteiger partial charge is 0.303 e. The summed E-state index contributed by atoms with van der Waals surface area (Å²) in [6.07, 6.45) is 1.63. The number of rotatable bonds is 6. The number of carboxylic acids is 1. The highest BCUT2D eigenvalue weighted by Crippen LogP contribution is 2.23. The molecule has 0 aliphatic carbocycles. The lowest BCUT2D eigenvalue weighted by atomic mass is 9.98. The van der Waals surface area contributed by atoms with Crippen LogP contribution in [0.25, 0.3) is 0 Å². The number of fused-ring (bicyclic) bond motifs is 1. The highest BCUT2D eigenvalue weighted by molar-refractivity contribution is 5.67. The molecule has 1 heterocycles. The first kappa shape index (κ1) is 15.6.